The highest BCUT2D eigenvalue weighted by atomic mass is 16.3. The molecule has 5 nitrogen and oxygen atoms in total. The molecule has 1 heterocycles. The molecule has 26 heavy (non-hydrogen) atoms. The van der Waals surface area contributed by atoms with Gasteiger partial charge >= 0.3 is 0 Å². The molecule has 5 heteroatoms. The van der Waals surface area contributed by atoms with E-state index in [2.05, 4.69) is 57.3 Å². The van der Waals surface area contributed by atoms with Crippen molar-refractivity contribution in [1.82, 2.24) is 10.2 Å². The van der Waals surface area contributed by atoms with Gasteiger partial charge in [0.15, 0.2) is 5.76 Å². The number of furan rings is 1. The highest BCUT2D eigenvalue weighted by molar-refractivity contribution is 5.94. The standard InChI is InChI=1S/C21H28N2O3/c1-14(2)16-8-10-17(11-9-16)20(15(3)4)22-19(24)13-23(5)21(25)18-7-6-12-26-18/h6-12,14-15,20H,13H2,1-5H3,(H,22,24). The predicted molar refractivity (Wildman–Crippen MR) is 102 cm³/mol. The van der Waals surface area contributed by atoms with Gasteiger partial charge in [0.1, 0.15) is 0 Å². The molecule has 2 aromatic rings. The Kier molecular flexibility index (Phi) is 6.61. The van der Waals surface area contributed by atoms with E-state index in [1.807, 2.05) is 0 Å². The van der Waals surface area contributed by atoms with Gasteiger partial charge in [0.2, 0.25) is 5.91 Å². The highest BCUT2D eigenvalue weighted by Gasteiger charge is 2.22. The second-order valence-corrected chi connectivity index (χ2v) is 7.25. The summed E-state index contributed by atoms with van der Waals surface area (Å²) in [7, 11) is 1.59. The second kappa shape index (κ2) is 8.70. The van der Waals surface area contributed by atoms with Crippen LogP contribution in [-0.2, 0) is 4.79 Å². The van der Waals surface area contributed by atoms with Crippen LogP contribution < -0.4 is 5.32 Å². The van der Waals surface area contributed by atoms with Crippen molar-refractivity contribution in [2.24, 2.45) is 5.92 Å². The molecule has 0 saturated carbocycles. The number of nitrogens with zero attached hydrogens (tertiary/aromatic N) is 1. The van der Waals surface area contributed by atoms with Crippen molar-refractivity contribution in [3.63, 3.8) is 0 Å². The van der Waals surface area contributed by atoms with Crippen LogP contribution in [0.4, 0.5) is 0 Å². The van der Waals surface area contributed by atoms with Gasteiger partial charge in [0.05, 0.1) is 18.8 Å². The van der Waals surface area contributed by atoms with Crippen LogP contribution >= 0.6 is 0 Å². The molecule has 1 atom stereocenters. The lowest BCUT2D eigenvalue weighted by Gasteiger charge is -2.25. The second-order valence-electron chi connectivity index (χ2n) is 7.25. The number of carbonyl (C=O) groups is 2. The van der Waals surface area contributed by atoms with Gasteiger partial charge in [0, 0.05) is 7.05 Å². The Labute approximate surface area is 155 Å². The molecule has 0 aliphatic rings. The molecule has 0 saturated heterocycles. The monoisotopic (exact) mass is 356 g/mol. The number of rotatable bonds is 7. The Hall–Kier alpha value is -2.56. The van der Waals surface area contributed by atoms with Crippen molar-refractivity contribution in [3.8, 4) is 0 Å². The van der Waals surface area contributed by atoms with Crippen molar-refractivity contribution in [2.75, 3.05) is 13.6 Å². The molecule has 1 unspecified atom stereocenters. The average molecular weight is 356 g/mol. The van der Waals surface area contributed by atoms with Crippen LogP contribution in [0.5, 0.6) is 0 Å². The summed E-state index contributed by atoms with van der Waals surface area (Å²) >= 11 is 0. The van der Waals surface area contributed by atoms with Gasteiger partial charge in [-0.2, -0.15) is 0 Å². The number of hydrogen-bond acceptors (Lipinski definition) is 3. The minimum absolute atomic E-state index is 0.0210. The predicted octanol–water partition coefficient (Wildman–Crippen LogP) is 3.99. The smallest absolute Gasteiger partial charge is 0.289 e. The van der Waals surface area contributed by atoms with Crippen LogP contribution in [-0.4, -0.2) is 30.3 Å². The van der Waals surface area contributed by atoms with E-state index >= 15 is 0 Å². The van der Waals surface area contributed by atoms with E-state index in [1.165, 1.54) is 16.7 Å². The topological polar surface area (TPSA) is 62.6 Å². The van der Waals surface area contributed by atoms with E-state index in [9.17, 15) is 9.59 Å². The Morgan fingerprint density at radius 2 is 1.65 bits per heavy atom. The van der Waals surface area contributed by atoms with Gasteiger partial charge in [-0.3, -0.25) is 9.59 Å². The Balaban J connectivity index is 2.02. The molecule has 1 N–H and O–H groups in total. The molecule has 0 aliphatic heterocycles. The van der Waals surface area contributed by atoms with Gasteiger partial charge in [0.25, 0.3) is 5.91 Å². The first-order chi connectivity index (χ1) is 12.3. The van der Waals surface area contributed by atoms with Crippen LogP contribution in [0, 0.1) is 5.92 Å². The lowest BCUT2D eigenvalue weighted by Crippen LogP contribution is -2.41. The first kappa shape index (κ1) is 19.8. The van der Waals surface area contributed by atoms with Gasteiger partial charge in [-0.05, 0) is 35.1 Å². The fourth-order valence-corrected chi connectivity index (χ4v) is 2.82. The highest BCUT2D eigenvalue weighted by Crippen LogP contribution is 2.24. The van der Waals surface area contributed by atoms with Crippen LogP contribution in [0.2, 0.25) is 0 Å². The third kappa shape index (κ3) is 4.97. The molecule has 1 aromatic carbocycles. The zero-order valence-corrected chi connectivity index (χ0v) is 16.2. The van der Waals surface area contributed by atoms with Crippen molar-refractivity contribution in [2.45, 2.75) is 39.7 Å². The number of benzene rings is 1. The summed E-state index contributed by atoms with van der Waals surface area (Å²) in [5.74, 6) is 0.420. The molecular weight excluding hydrogens is 328 g/mol. The summed E-state index contributed by atoms with van der Waals surface area (Å²) in [5.41, 5.74) is 2.34. The lowest BCUT2D eigenvalue weighted by molar-refractivity contribution is -0.122. The number of hydrogen-bond donors (Lipinski definition) is 1. The fraction of sp³-hybridized carbons (Fsp3) is 0.429. The third-order valence-corrected chi connectivity index (χ3v) is 4.40. The molecule has 2 rings (SSSR count). The van der Waals surface area contributed by atoms with Gasteiger partial charge < -0.3 is 14.6 Å². The Bertz CT molecular complexity index is 718. The molecule has 140 valence electrons. The Morgan fingerprint density at radius 1 is 1.04 bits per heavy atom. The molecule has 0 bridgehead atoms. The summed E-state index contributed by atoms with van der Waals surface area (Å²) in [5, 5.41) is 3.05. The van der Waals surface area contributed by atoms with Crippen LogP contribution in [0.15, 0.2) is 47.1 Å². The average Bonchev–Trinajstić information content (AvgIpc) is 3.13. The summed E-state index contributed by atoms with van der Waals surface area (Å²) in [6, 6.07) is 11.5. The number of nitrogens with one attached hydrogen (secondary N) is 1. The van der Waals surface area contributed by atoms with Gasteiger partial charge in [-0.1, -0.05) is 52.0 Å². The summed E-state index contributed by atoms with van der Waals surface area (Å²) < 4.78 is 5.09. The minimum Gasteiger partial charge on any atom is -0.459 e. The first-order valence-corrected chi connectivity index (χ1v) is 8.97. The quantitative estimate of drug-likeness (QED) is 0.816. The van der Waals surface area contributed by atoms with E-state index in [-0.39, 0.29) is 36.1 Å². The van der Waals surface area contributed by atoms with Crippen molar-refractivity contribution in [1.29, 1.82) is 0 Å². The maximum Gasteiger partial charge on any atom is 0.289 e. The number of carbonyl (C=O) groups excluding carboxylic acids is 2. The summed E-state index contributed by atoms with van der Waals surface area (Å²) in [6.45, 7) is 8.43. The van der Waals surface area contributed by atoms with Crippen molar-refractivity contribution >= 4 is 11.8 Å². The molecule has 0 spiro atoms. The molecule has 2 amide bonds. The zero-order valence-electron chi connectivity index (χ0n) is 16.2. The first-order valence-electron chi connectivity index (χ1n) is 8.97. The molecule has 0 aliphatic carbocycles. The van der Waals surface area contributed by atoms with E-state index in [4.69, 9.17) is 4.42 Å². The molecule has 0 radical (unpaired) electrons. The molecule has 0 fully saturated rings. The van der Waals surface area contributed by atoms with Crippen LogP contribution in [0.1, 0.15) is 61.3 Å². The lowest BCUT2D eigenvalue weighted by atomic mass is 9.93. The van der Waals surface area contributed by atoms with E-state index in [1.54, 1.807) is 19.2 Å². The summed E-state index contributed by atoms with van der Waals surface area (Å²) in [6.07, 6.45) is 1.44. The maximum absolute atomic E-state index is 12.5. The maximum atomic E-state index is 12.5. The number of amides is 2. The van der Waals surface area contributed by atoms with Crippen molar-refractivity contribution in [3.05, 3.63) is 59.5 Å². The van der Waals surface area contributed by atoms with E-state index in [0.29, 0.717) is 5.92 Å². The largest absolute Gasteiger partial charge is 0.459 e. The van der Waals surface area contributed by atoms with E-state index < -0.39 is 0 Å². The number of likely N-dealkylation sites (N-methyl/N-ethyl adjacent to an activating group) is 1. The molecule has 1 aromatic heterocycles. The van der Waals surface area contributed by atoms with Gasteiger partial charge in [-0.25, -0.2) is 0 Å². The van der Waals surface area contributed by atoms with E-state index in [0.717, 1.165) is 5.56 Å². The van der Waals surface area contributed by atoms with Crippen molar-refractivity contribution < 1.29 is 14.0 Å². The Morgan fingerprint density at radius 3 is 2.15 bits per heavy atom. The van der Waals surface area contributed by atoms with Crippen LogP contribution in [0.3, 0.4) is 0 Å². The molecular formula is C21H28N2O3. The van der Waals surface area contributed by atoms with Gasteiger partial charge in [-0.15, -0.1) is 0 Å². The normalized spacial score (nSPS) is 12.3. The third-order valence-electron chi connectivity index (χ3n) is 4.40. The fourth-order valence-electron chi connectivity index (χ4n) is 2.82. The SMILES string of the molecule is CC(C)c1ccc(C(NC(=O)CN(C)C(=O)c2ccco2)C(C)C)cc1. The van der Waals surface area contributed by atoms with Crippen LogP contribution in [0.25, 0.3) is 0 Å². The summed E-state index contributed by atoms with van der Waals surface area (Å²) in [4.78, 5) is 26.0. The minimum atomic E-state index is -0.312. The zero-order chi connectivity index (χ0) is 19.3.